The van der Waals surface area contributed by atoms with E-state index in [1.165, 1.54) is 5.56 Å². The Bertz CT molecular complexity index is 884. The van der Waals surface area contributed by atoms with E-state index >= 15 is 0 Å². The molecule has 1 saturated heterocycles. The molecule has 1 aliphatic rings. The Morgan fingerprint density at radius 1 is 1.00 bits per heavy atom. The van der Waals surface area contributed by atoms with Crippen molar-refractivity contribution < 1.29 is 18.9 Å². The van der Waals surface area contributed by atoms with Crippen LogP contribution in [-0.2, 0) is 10.2 Å². The molecule has 0 aromatic heterocycles. The zero-order valence-electron chi connectivity index (χ0n) is 20.0. The summed E-state index contributed by atoms with van der Waals surface area (Å²) in [5, 5.41) is 6.88. The van der Waals surface area contributed by atoms with Crippen LogP contribution in [-0.4, -0.2) is 53.1 Å². The van der Waals surface area contributed by atoms with E-state index in [0.29, 0.717) is 24.9 Å². The Hall–Kier alpha value is -2.20. The summed E-state index contributed by atoms with van der Waals surface area (Å²) in [6.45, 7) is 7.44. The highest BCUT2D eigenvalue weighted by Gasteiger charge is 2.34. The van der Waals surface area contributed by atoms with Gasteiger partial charge in [0, 0.05) is 44.0 Å². The van der Waals surface area contributed by atoms with Crippen molar-refractivity contribution in [3.8, 4) is 17.2 Å². The van der Waals surface area contributed by atoms with Crippen LogP contribution in [0.1, 0.15) is 32.3 Å². The van der Waals surface area contributed by atoms with E-state index in [4.69, 9.17) is 18.9 Å². The molecule has 33 heavy (non-hydrogen) atoms. The Labute approximate surface area is 214 Å². The largest absolute Gasteiger partial charge is 0.494 e. The number of ether oxygens (including phenoxy) is 4. The molecule has 3 rings (SSSR count). The highest BCUT2D eigenvalue weighted by atomic mass is 127. The summed E-state index contributed by atoms with van der Waals surface area (Å²) in [4.78, 5) is 4.42. The monoisotopic (exact) mass is 569 g/mol. The normalized spacial score (nSPS) is 15.2. The highest BCUT2D eigenvalue weighted by Crippen LogP contribution is 2.35. The second-order valence-electron chi connectivity index (χ2n) is 7.70. The molecule has 2 aromatic carbocycles. The number of aliphatic imine (C=N–C) groups is 1. The van der Waals surface area contributed by atoms with Crippen LogP contribution in [0.3, 0.4) is 0 Å². The lowest BCUT2D eigenvalue weighted by Crippen LogP contribution is -2.46. The summed E-state index contributed by atoms with van der Waals surface area (Å²) in [6.07, 6.45) is 1.89. The number of guanidine groups is 1. The van der Waals surface area contributed by atoms with Gasteiger partial charge in [-0.2, -0.15) is 0 Å². The van der Waals surface area contributed by atoms with Gasteiger partial charge in [0.15, 0.2) is 17.5 Å². The number of anilines is 1. The van der Waals surface area contributed by atoms with E-state index in [1.54, 1.807) is 14.2 Å². The predicted octanol–water partition coefficient (Wildman–Crippen LogP) is 4.85. The van der Waals surface area contributed by atoms with Crippen molar-refractivity contribution in [2.24, 2.45) is 4.99 Å². The second kappa shape index (κ2) is 13.5. The average Bonchev–Trinajstić information content (AvgIpc) is 2.84. The molecule has 0 atom stereocenters. The quantitative estimate of drug-likeness (QED) is 0.256. The zero-order chi connectivity index (χ0) is 22.8. The van der Waals surface area contributed by atoms with Crippen LogP contribution in [0.25, 0.3) is 0 Å². The molecule has 0 saturated carbocycles. The molecular formula is C25H36IN3O4. The van der Waals surface area contributed by atoms with Crippen LogP contribution in [0, 0.1) is 0 Å². The molecule has 182 valence electrons. The van der Waals surface area contributed by atoms with E-state index in [2.05, 4.69) is 39.9 Å². The third-order valence-electron chi connectivity index (χ3n) is 5.77. The van der Waals surface area contributed by atoms with Gasteiger partial charge in [-0.3, -0.25) is 4.99 Å². The van der Waals surface area contributed by atoms with Gasteiger partial charge >= 0.3 is 0 Å². The van der Waals surface area contributed by atoms with Crippen molar-refractivity contribution in [3.63, 3.8) is 0 Å². The van der Waals surface area contributed by atoms with Crippen molar-refractivity contribution in [3.05, 3.63) is 48.0 Å². The fourth-order valence-electron chi connectivity index (χ4n) is 3.99. The molecule has 0 unspecified atom stereocenters. The van der Waals surface area contributed by atoms with Gasteiger partial charge in [-0.1, -0.05) is 12.1 Å². The summed E-state index contributed by atoms with van der Waals surface area (Å²) in [6, 6.07) is 14.2. The van der Waals surface area contributed by atoms with Gasteiger partial charge in [0.2, 0.25) is 0 Å². The molecule has 1 fully saturated rings. The smallest absolute Gasteiger partial charge is 0.195 e. The van der Waals surface area contributed by atoms with E-state index < -0.39 is 0 Å². The van der Waals surface area contributed by atoms with Crippen LogP contribution >= 0.6 is 24.0 Å². The topological polar surface area (TPSA) is 73.3 Å². The SMILES string of the molecule is CCOc1ccc(C2(CNC(=NC)Nc3ccc(OCC)c(OC)c3)CCOCC2)cc1.I. The first-order valence-corrected chi connectivity index (χ1v) is 11.2. The second-order valence-corrected chi connectivity index (χ2v) is 7.70. The third kappa shape index (κ3) is 7.14. The van der Waals surface area contributed by atoms with Gasteiger partial charge in [0.25, 0.3) is 0 Å². The van der Waals surface area contributed by atoms with Crippen molar-refractivity contribution in [1.82, 2.24) is 5.32 Å². The molecular weight excluding hydrogens is 533 g/mol. The number of rotatable bonds is 9. The molecule has 0 bridgehead atoms. The predicted molar refractivity (Wildman–Crippen MR) is 144 cm³/mol. The van der Waals surface area contributed by atoms with Gasteiger partial charge in [-0.05, 0) is 56.5 Å². The first kappa shape index (κ1) is 27.0. The summed E-state index contributed by atoms with van der Waals surface area (Å²) >= 11 is 0. The molecule has 0 amide bonds. The molecule has 0 aliphatic carbocycles. The number of halogens is 1. The Kier molecular flexibility index (Phi) is 11.1. The molecule has 1 aliphatic heterocycles. The maximum Gasteiger partial charge on any atom is 0.195 e. The molecule has 7 nitrogen and oxygen atoms in total. The standard InChI is InChI=1S/C25H35N3O4.HI/c1-5-31-21-10-7-19(8-11-21)25(13-15-30-16-14-25)18-27-24(26-3)28-20-9-12-22(32-6-2)23(17-20)29-4;/h7-12,17H,5-6,13-16,18H2,1-4H3,(H2,26,27,28);1H. The summed E-state index contributed by atoms with van der Waals surface area (Å²) in [5.74, 6) is 3.00. The number of benzene rings is 2. The summed E-state index contributed by atoms with van der Waals surface area (Å²) in [7, 11) is 3.41. The fourth-order valence-corrected chi connectivity index (χ4v) is 3.99. The maximum atomic E-state index is 5.67. The lowest BCUT2D eigenvalue weighted by Gasteiger charge is -2.38. The van der Waals surface area contributed by atoms with Crippen LogP contribution < -0.4 is 24.8 Å². The number of hydrogen-bond donors (Lipinski definition) is 2. The maximum absolute atomic E-state index is 5.67. The number of hydrogen-bond acceptors (Lipinski definition) is 5. The lowest BCUT2D eigenvalue weighted by molar-refractivity contribution is 0.0514. The van der Waals surface area contributed by atoms with Crippen LogP contribution in [0.4, 0.5) is 5.69 Å². The molecule has 2 aromatic rings. The lowest BCUT2D eigenvalue weighted by atomic mass is 9.74. The minimum Gasteiger partial charge on any atom is -0.494 e. The molecule has 2 N–H and O–H groups in total. The summed E-state index contributed by atoms with van der Waals surface area (Å²) in [5.41, 5.74) is 2.13. The highest BCUT2D eigenvalue weighted by molar-refractivity contribution is 14.0. The molecule has 0 spiro atoms. The fraction of sp³-hybridized carbons (Fsp3) is 0.480. The average molecular weight is 569 g/mol. The van der Waals surface area contributed by atoms with Gasteiger partial charge in [-0.25, -0.2) is 0 Å². The van der Waals surface area contributed by atoms with E-state index in [1.807, 2.05) is 32.0 Å². The Morgan fingerprint density at radius 3 is 2.30 bits per heavy atom. The van der Waals surface area contributed by atoms with Crippen LogP contribution in [0.2, 0.25) is 0 Å². The van der Waals surface area contributed by atoms with Crippen molar-refractivity contribution in [2.45, 2.75) is 32.1 Å². The minimum atomic E-state index is -0.0306. The first-order valence-electron chi connectivity index (χ1n) is 11.2. The number of methoxy groups -OCH3 is 1. The van der Waals surface area contributed by atoms with Gasteiger partial charge in [-0.15, -0.1) is 24.0 Å². The van der Waals surface area contributed by atoms with Crippen LogP contribution in [0.5, 0.6) is 17.2 Å². The summed E-state index contributed by atoms with van der Waals surface area (Å²) < 4.78 is 22.4. The van der Waals surface area contributed by atoms with E-state index in [0.717, 1.165) is 49.8 Å². The van der Waals surface area contributed by atoms with Gasteiger partial charge in [0.1, 0.15) is 5.75 Å². The van der Waals surface area contributed by atoms with E-state index in [9.17, 15) is 0 Å². The van der Waals surface area contributed by atoms with Crippen molar-refractivity contribution in [1.29, 1.82) is 0 Å². The van der Waals surface area contributed by atoms with Crippen molar-refractivity contribution in [2.75, 3.05) is 52.4 Å². The first-order chi connectivity index (χ1) is 15.6. The number of nitrogens with one attached hydrogen (secondary N) is 2. The molecule has 8 heteroatoms. The molecule has 1 heterocycles. The molecule has 0 radical (unpaired) electrons. The Morgan fingerprint density at radius 2 is 1.70 bits per heavy atom. The van der Waals surface area contributed by atoms with Crippen molar-refractivity contribution >= 4 is 35.6 Å². The Balaban J connectivity index is 0.00000385. The van der Waals surface area contributed by atoms with E-state index in [-0.39, 0.29) is 29.4 Å². The van der Waals surface area contributed by atoms with Gasteiger partial charge in [0.05, 0.1) is 20.3 Å². The zero-order valence-corrected chi connectivity index (χ0v) is 22.3. The van der Waals surface area contributed by atoms with Crippen LogP contribution in [0.15, 0.2) is 47.5 Å². The minimum absolute atomic E-state index is 0. The number of nitrogens with zero attached hydrogens (tertiary/aromatic N) is 1. The van der Waals surface area contributed by atoms with Gasteiger partial charge < -0.3 is 29.6 Å². The third-order valence-corrected chi connectivity index (χ3v) is 5.77.